The minimum absolute atomic E-state index is 0.221. The Kier molecular flexibility index (Phi) is 6.04. The number of carbonyl (C=O) groups is 1. The molecule has 1 aliphatic heterocycles. The number of allylic oxidation sites excluding steroid dienone is 1. The lowest BCUT2D eigenvalue weighted by Crippen LogP contribution is -2.34. The van der Waals surface area contributed by atoms with Gasteiger partial charge in [0.25, 0.3) is 0 Å². The van der Waals surface area contributed by atoms with E-state index in [1.165, 1.54) is 23.5 Å². The van der Waals surface area contributed by atoms with E-state index in [-0.39, 0.29) is 6.61 Å². The zero-order chi connectivity index (χ0) is 19.4. The number of ether oxygens (including phenoxy) is 1. The molecule has 0 radical (unpaired) electrons. The van der Waals surface area contributed by atoms with Gasteiger partial charge in [0.2, 0.25) is 0 Å². The molecule has 1 N–H and O–H groups in total. The van der Waals surface area contributed by atoms with Crippen molar-refractivity contribution in [2.24, 2.45) is 4.99 Å². The number of nitrogens with zero attached hydrogens (tertiary/aromatic N) is 2. The Morgan fingerprint density at radius 2 is 2.33 bits per heavy atom. The molecule has 3 rings (SSSR count). The molecule has 2 aromatic rings. The number of carbonyl (C=O) groups excluding carboxylic acids is 1. The molecule has 1 unspecified atom stereocenters. The Bertz CT molecular complexity index is 964. The summed E-state index contributed by atoms with van der Waals surface area (Å²) in [6.07, 6.45) is 7.24. The summed E-state index contributed by atoms with van der Waals surface area (Å²) in [6, 6.07) is 3.37. The maximum Gasteiger partial charge on any atom is 0.338 e. The average Bonchev–Trinajstić information content (AvgIpc) is 3.21. The predicted octanol–water partition coefficient (Wildman–Crippen LogP) is 3.57. The first-order valence-electron chi connectivity index (χ1n) is 8.05. The summed E-state index contributed by atoms with van der Waals surface area (Å²) in [7, 11) is 0. The van der Waals surface area contributed by atoms with Gasteiger partial charge in [0.05, 0.1) is 12.2 Å². The SMILES string of the molecule is C#Cc1cc(F)ccc1C1N=C(c2nccs2)NC(CBr)=C1C(=O)OCC. The van der Waals surface area contributed by atoms with Gasteiger partial charge in [0.15, 0.2) is 10.8 Å². The maximum absolute atomic E-state index is 13.7. The molecule has 1 aromatic carbocycles. The van der Waals surface area contributed by atoms with Crippen LogP contribution < -0.4 is 5.32 Å². The van der Waals surface area contributed by atoms with Gasteiger partial charge < -0.3 is 10.1 Å². The second kappa shape index (κ2) is 8.46. The Hall–Kier alpha value is -2.50. The maximum atomic E-state index is 13.7. The standard InChI is InChI=1S/C19H15BrFN3O2S/c1-3-11-9-12(21)5-6-13(11)16-15(19(25)26-4-2)14(10-20)23-17(24-16)18-22-7-8-27-18/h1,5-9,16H,4,10H2,2H3,(H,23,24). The summed E-state index contributed by atoms with van der Waals surface area (Å²) in [5.41, 5.74) is 1.82. The van der Waals surface area contributed by atoms with Crippen molar-refractivity contribution in [3.8, 4) is 12.3 Å². The normalized spacial score (nSPS) is 16.4. The van der Waals surface area contributed by atoms with E-state index < -0.39 is 17.8 Å². The van der Waals surface area contributed by atoms with E-state index in [2.05, 4.69) is 37.1 Å². The number of rotatable bonds is 5. The zero-order valence-corrected chi connectivity index (χ0v) is 16.7. The molecule has 27 heavy (non-hydrogen) atoms. The molecule has 1 atom stereocenters. The lowest BCUT2D eigenvalue weighted by molar-refractivity contribution is -0.138. The summed E-state index contributed by atoms with van der Waals surface area (Å²) < 4.78 is 18.9. The molecular formula is C19H15BrFN3O2S. The first-order chi connectivity index (χ1) is 13.1. The van der Waals surface area contributed by atoms with Crippen molar-refractivity contribution in [3.63, 3.8) is 0 Å². The van der Waals surface area contributed by atoms with Gasteiger partial charge in [-0.05, 0) is 24.6 Å². The average molecular weight is 448 g/mol. The highest BCUT2D eigenvalue weighted by molar-refractivity contribution is 9.09. The van der Waals surface area contributed by atoms with Crippen molar-refractivity contribution >= 4 is 39.1 Å². The number of benzene rings is 1. The van der Waals surface area contributed by atoms with Crippen LogP contribution in [0, 0.1) is 18.2 Å². The molecule has 1 aliphatic rings. The van der Waals surface area contributed by atoms with Gasteiger partial charge in [-0.25, -0.2) is 14.2 Å². The number of aromatic nitrogens is 1. The van der Waals surface area contributed by atoms with Gasteiger partial charge in [0, 0.05) is 28.2 Å². The van der Waals surface area contributed by atoms with Gasteiger partial charge in [-0.2, -0.15) is 0 Å². The minimum Gasteiger partial charge on any atom is -0.463 e. The van der Waals surface area contributed by atoms with Crippen LogP contribution in [0.3, 0.4) is 0 Å². The van der Waals surface area contributed by atoms with E-state index in [0.29, 0.717) is 38.6 Å². The first kappa shape index (κ1) is 19.3. The van der Waals surface area contributed by atoms with Crippen molar-refractivity contribution in [2.45, 2.75) is 13.0 Å². The number of amidine groups is 1. The molecule has 0 saturated heterocycles. The smallest absolute Gasteiger partial charge is 0.338 e. The monoisotopic (exact) mass is 447 g/mol. The highest BCUT2D eigenvalue weighted by Crippen LogP contribution is 2.35. The number of hydrogen-bond acceptors (Lipinski definition) is 6. The summed E-state index contributed by atoms with van der Waals surface area (Å²) >= 11 is 4.82. The lowest BCUT2D eigenvalue weighted by atomic mass is 9.92. The number of nitrogens with one attached hydrogen (secondary N) is 1. The molecule has 1 aromatic heterocycles. The van der Waals surface area contributed by atoms with Gasteiger partial charge in [-0.15, -0.1) is 17.8 Å². The molecule has 138 valence electrons. The summed E-state index contributed by atoms with van der Waals surface area (Å²) in [5.74, 6) is 2.04. The van der Waals surface area contributed by atoms with E-state index in [1.54, 1.807) is 19.2 Å². The van der Waals surface area contributed by atoms with E-state index >= 15 is 0 Å². The van der Waals surface area contributed by atoms with Crippen molar-refractivity contribution in [2.75, 3.05) is 11.9 Å². The molecule has 8 heteroatoms. The van der Waals surface area contributed by atoms with Crippen LogP contribution in [0.1, 0.15) is 29.1 Å². The van der Waals surface area contributed by atoms with Crippen LogP contribution in [-0.4, -0.2) is 28.7 Å². The van der Waals surface area contributed by atoms with E-state index in [1.807, 2.05) is 5.38 Å². The lowest BCUT2D eigenvalue weighted by Gasteiger charge is -2.27. The molecule has 0 spiro atoms. The fourth-order valence-electron chi connectivity index (χ4n) is 2.72. The topological polar surface area (TPSA) is 63.6 Å². The number of hydrogen-bond donors (Lipinski definition) is 1. The molecule has 0 bridgehead atoms. The highest BCUT2D eigenvalue weighted by Gasteiger charge is 2.33. The number of thiazole rings is 1. The molecule has 0 fully saturated rings. The molecular weight excluding hydrogens is 433 g/mol. The minimum atomic E-state index is -0.733. The Labute approximate surface area is 168 Å². The van der Waals surface area contributed by atoms with E-state index in [0.717, 1.165) is 0 Å². The summed E-state index contributed by atoms with van der Waals surface area (Å²) in [4.78, 5) is 21.6. The number of esters is 1. The Morgan fingerprint density at radius 3 is 2.96 bits per heavy atom. The van der Waals surface area contributed by atoms with E-state index in [9.17, 15) is 9.18 Å². The Balaban J connectivity index is 2.19. The largest absolute Gasteiger partial charge is 0.463 e. The fraction of sp³-hybridized carbons (Fsp3) is 0.211. The third-order valence-electron chi connectivity index (χ3n) is 3.86. The third-order valence-corrected chi connectivity index (χ3v) is 5.20. The molecule has 0 saturated carbocycles. The van der Waals surface area contributed by atoms with Crippen LogP contribution in [0.4, 0.5) is 4.39 Å². The summed E-state index contributed by atoms with van der Waals surface area (Å²) in [5, 5.41) is 6.02. The van der Waals surface area contributed by atoms with Crippen molar-refractivity contribution in [3.05, 3.63) is 63.0 Å². The number of aliphatic imine (C=N–C) groups is 1. The number of alkyl halides is 1. The highest BCUT2D eigenvalue weighted by atomic mass is 79.9. The molecule has 5 nitrogen and oxygen atoms in total. The van der Waals surface area contributed by atoms with Crippen LogP contribution in [0.2, 0.25) is 0 Å². The zero-order valence-electron chi connectivity index (χ0n) is 14.3. The quantitative estimate of drug-likeness (QED) is 0.432. The second-order valence-electron chi connectivity index (χ2n) is 5.46. The number of terminal acetylenes is 1. The molecule has 0 amide bonds. The summed E-state index contributed by atoms with van der Waals surface area (Å²) in [6.45, 7) is 1.95. The van der Waals surface area contributed by atoms with Gasteiger partial charge >= 0.3 is 5.97 Å². The van der Waals surface area contributed by atoms with Gasteiger partial charge in [0.1, 0.15) is 11.9 Å². The van der Waals surface area contributed by atoms with Crippen LogP contribution in [0.5, 0.6) is 0 Å². The molecule has 2 heterocycles. The van der Waals surface area contributed by atoms with Gasteiger partial charge in [-0.3, -0.25) is 4.99 Å². The third kappa shape index (κ3) is 3.94. The van der Waals surface area contributed by atoms with Crippen LogP contribution in [0.25, 0.3) is 0 Å². The fourth-order valence-corrected chi connectivity index (χ4v) is 3.75. The van der Waals surface area contributed by atoms with Crippen molar-refractivity contribution in [1.82, 2.24) is 10.3 Å². The van der Waals surface area contributed by atoms with Gasteiger partial charge in [-0.1, -0.05) is 27.9 Å². The van der Waals surface area contributed by atoms with Crippen LogP contribution in [0.15, 0.2) is 46.0 Å². The Morgan fingerprint density at radius 1 is 1.52 bits per heavy atom. The number of halogens is 2. The van der Waals surface area contributed by atoms with Crippen molar-refractivity contribution < 1.29 is 13.9 Å². The van der Waals surface area contributed by atoms with Crippen LogP contribution in [-0.2, 0) is 9.53 Å². The van der Waals surface area contributed by atoms with E-state index in [4.69, 9.17) is 11.2 Å². The van der Waals surface area contributed by atoms with Crippen LogP contribution >= 0.6 is 27.3 Å². The second-order valence-corrected chi connectivity index (χ2v) is 6.92. The van der Waals surface area contributed by atoms with Crippen molar-refractivity contribution in [1.29, 1.82) is 0 Å². The first-order valence-corrected chi connectivity index (χ1v) is 10.1. The molecule has 0 aliphatic carbocycles. The predicted molar refractivity (Wildman–Crippen MR) is 106 cm³/mol.